The zero-order valence-electron chi connectivity index (χ0n) is 11.2. The Morgan fingerprint density at radius 3 is 2.79 bits per heavy atom. The molecule has 2 rings (SSSR count). The molecule has 1 saturated heterocycles. The fourth-order valence-corrected chi connectivity index (χ4v) is 2.19. The zero-order valence-corrected chi connectivity index (χ0v) is 11.2. The molecule has 1 aromatic carbocycles. The highest BCUT2D eigenvalue weighted by Crippen LogP contribution is 2.25. The minimum absolute atomic E-state index is 0.0525. The molecule has 4 heteroatoms. The average Bonchev–Trinajstić information content (AvgIpc) is 2.81. The number of rotatable bonds is 3. The van der Waals surface area contributed by atoms with Crippen LogP contribution in [0.15, 0.2) is 30.3 Å². The monoisotopic (exact) mass is 259 g/mol. The number of likely N-dealkylation sites (tertiary alicyclic amines) is 1. The number of amides is 1. The Kier molecular flexibility index (Phi) is 4.00. The van der Waals surface area contributed by atoms with E-state index >= 15 is 0 Å². The van der Waals surface area contributed by atoms with Gasteiger partial charge < -0.3 is 9.64 Å². The lowest BCUT2D eigenvalue weighted by Gasteiger charge is -2.20. The van der Waals surface area contributed by atoms with E-state index in [0.717, 1.165) is 17.5 Å². The summed E-state index contributed by atoms with van der Waals surface area (Å²) in [6.45, 7) is 2.63. The minimum Gasteiger partial charge on any atom is -0.466 e. The van der Waals surface area contributed by atoms with Gasteiger partial charge in [0.2, 0.25) is 5.91 Å². The molecular formula is C15H17NO3. The van der Waals surface area contributed by atoms with Crippen molar-refractivity contribution in [3.8, 4) is 0 Å². The van der Waals surface area contributed by atoms with Gasteiger partial charge in [0.05, 0.1) is 12.8 Å². The molecule has 19 heavy (non-hydrogen) atoms. The molecule has 1 aromatic rings. The maximum Gasteiger partial charge on any atom is 0.332 e. The van der Waals surface area contributed by atoms with Crippen molar-refractivity contribution in [2.75, 3.05) is 13.7 Å². The van der Waals surface area contributed by atoms with Gasteiger partial charge in [-0.2, -0.15) is 0 Å². The predicted molar refractivity (Wildman–Crippen MR) is 72.1 cm³/mol. The number of methoxy groups -OCH3 is 1. The predicted octanol–water partition coefficient (Wildman–Crippen LogP) is 2.13. The van der Waals surface area contributed by atoms with Gasteiger partial charge in [0.15, 0.2) is 0 Å². The molecule has 0 radical (unpaired) electrons. The topological polar surface area (TPSA) is 46.6 Å². The largest absolute Gasteiger partial charge is 0.466 e. The van der Waals surface area contributed by atoms with Gasteiger partial charge in [0, 0.05) is 19.0 Å². The quantitative estimate of drug-likeness (QED) is 0.617. The van der Waals surface area contributed by atoms with Crippen molar-refractivity contribution in [1.29, 1.82) is 0 Å². The Morgan fingerprint density at radius 1 is 1.42 bits per heavy atom. The van der Waals surface area contributed by atoms with E-state index in [4.69, 9.17) is 0 Å². The van der Waals surface area contributed by atoms with E-state index in [1.54, 1.807) is 4.90 Å². The highest BCUT2D eigenvalue weighted by atomic mass is 16.5. The van der Waals surface area contributed by atoms with Crippen molar-refractivity contribution in [2.45, 2.75) is 19.8 Å². The first-order valence-electron chi connectivity index (χ1n) is 6.29. The SMILES string of the molecule is COC(=O)/C=C(/c1cccc(C)c1)N1CCCC1=O. The van der Waals surface area contributed by atoms with Gasteiger partial charge in [-0.05, 0) is 25.0 Å². The van der Waals surface area contributed by atoms with Gasteiger partial charge >= 0.3 is 5.97 Å². The number of esters is 1. The number of nitrogens with zero attached hydrogens (tertiary/aromatic N) is 1. The van der Waals surface area contributed by atoms with E-state index < -0.39 is 5.97 Å². The maximum absolute atomic E-state index is 11.9. The summed E-state index contributed by atoms with van der Waals surface area (Å²) in [5.74, 6) is -0.395. The lowest BCUT2D eigenvalue weighted by Crippen LogP contribution is -2.24. The third-order valence-corrected chi connectivity index (χ3v) is 3.13. The summed E-state index contributed by atoms with van der Waals surface area (Å²) >= 11 is 0. The van der Waals surface area contributed by atoms with E-state index in [2.05, 4.69) is 4.74 Å². The highest BCUT2D eigenvalue weighted by molar-refractivity contribution is 5.96. The van der Waals surface area contributed by atoms with Crippen LogP contribution < -0.4 is 0 Å². The normalized spacial score (nSPS) is 15.8. The standard InChI is InChI=1S/C15H17NO3/c1-11-5-3-6-12(9-11)13(10-15(18)19-2)16-8-4-7-14(16)17/h3,5-6,9-10H,4,7-8H2,1-2H3/b13-10-. The molecule has 0 aliphatic carbocycles. The number of benzene rings is 1. The second-order valence-electron chi connectivity index (χ2n) is 4.57. The molecule has 100 valence electrons. The molecule has 0 N–H and O–H groups in total. The van der Waals surface area contributed by atoms with Crippen LogP contribution in [0.25, 0.3) is 5.70 Å². The Balaban J connectivity index is 2.42. The van der Waals surface area contributed by atoms with Crippen molar-refractivity contribution in [3.05, 3.63) is 41.5 Å². The number of ether oxygens (including phenoxy) is 1. The van der Waals surface area contributed by atoms with Crippen LogP contribution >= 0.6 is 0 Å². The van der Waals surface area contributed by atoms with Gasteiger partial charge in [-0.15, -0.1) is 0 Å². The Labute approximate surface area is 112 Å². The first-order valence-corrected chi connectivity index (χ1v) is 6.29. The first kappa shape index (κ1) is 13.3. The Bertz CT molecular complexity index is 534. The average molecular weight is 259 g/mol. The Morgan fingerprint density at radius 2 is 2.21 bits per heavy atom. The number of hydrogen-bond donors (Lipinski definition) is 0. The molecule has 1 fully saturated rings. The second kappa shape index (κ2) is 5.69. The van der Waals surface area contributed by atoms with E-state index in [0.29, 0.717) is 18.7 Å². The molecule has 0 spiro atoms. The molecule has 1 aliphatic rings. The molecule has 0 aromatic heterocycles. The molecule has 0 bridgehead atoms. The summed E-state index contributed by atoms with van der Waals surface area (Å²) in [5.41, 5.74) is 2.57. The van der Waals surface area contributed by atoms with Crippen LogP contribution in [0.3, 0.4) is 0 Å². The summed E-state index contributed by atoms with van der Waals surface area (Å²) in [5, 5.41) is 0. The van der Waals surface area contributed by atoms with E-state index in [1.807, 2.05) is 31.2 Å². The second-order valence-corrected chi connectivity index (χ2v) is 4.57. The van der Waals surface area contributed by atoms with Crippen LogP contribution in [-0.4, -0.2) is 30.4 Å². The fraction of sp³-hybridized carbons (Fsp3) is 0.333. The van der Waals surface area contributed by atoms with Gasteiger partial charge in [0.25, 0.3) is 0 Å². The van der Waals surface area contributed by atoms with Crippen LogP contribution in [-0.2, 0) is 14.3 Å². The maximum atomic E-state index is 11.9. The van der Waals surface area contributed by atoms with E-state index in [-0.39, 0.29) is 5.91 Å². The molecule has 0 atom stereocenters. The smallest absolute Gasteiger partial charge is 0.332 e. The van der Waals surface area contributed by atoms with Crippen molar-refractivity contribution >= 4 is 17.6 Å². The summed E-state index contributed by atoms with van der Waals surface area (Å²) < 4.78 is 4.67. The van der Waals surface area contributed by atoms with Gasteiger partial charge in [-0.3, -0.25) is 4.79 Å². The summed E-state index contributed by atoms with van der Waals surface area (Å²) in [4.78, 5) is 25.0. The number of carbonyl (C=O) groups is 2. The minimum atomic E-state index is -0.448. The van der Waals surface area contributed by atoms with Gasteiger partial charge in [0.1, 0.15) is 0 Å². The molecule has 1 aliphatic heterocycles. The number of carbonyl (C=O) groups excluding carboxylic acids is 2. The van der Waals surface area contributed by atoms with Crippen LogP contribution in [0.4, 0.5) is 0 Å². The van der Waals surface area contributed by atoms with Gasteiger partial charge in [-0.1, -0.05) is 23.8 Å². The molecular weight excluding hydrogens is 242 g/mol. The highest BCUT2D eigenvalue weighted by Gasteiger charge is 2.25. The van der Waals surface area contributed by atoms with Crippen molar-refractivity contribution in [2.24, 2.45) is 0 Å². The molecule has 0 unspecified atom stereocenters. The van der Waals surface area contributed by atoms with E-state index in [1.165, 1.54) is 13.2 Å². The van der Waals surface area contributed by atoms with Crippen molar-refractivity contribution in [3.63, 3.8) is 0 Å². The first-order chi connectivity index (χ1) is 9.11. The molecule has 1 heterocycles. The van der Waals surface area contributed by atoms with Crippen LogP contribution in [0.1, 0.15) is 24.0 Å². The summed E-state index contributed by atoms with van der Waals surface area (Å²) in [6.07, 6.45) is 2.74. The van der Waals surface area contributed by atoms with Crippen LogP contribution in [0.5, 0.6) is 0 Å². The Hall–Kier alpha value is -2.10. The summed E-state index contributed by atoms with van der Waals surface area (Å²) in [7, 11) is 1.33. The fourth-order valence-electron chi connectivity index (χ4n) is 2.19. The van der Waals surface area contributed by atoms with Crippen molar-refractivity contribution < 1.29 is 14.3 Å². The number of hydrogen-bond acceptors (Lipinski definition) is 3. The lowest BCUT2D eigenvalue weighted by atomic mass is 10.1. The third kappa shape index (κ3) is 3.02. The molecule has 0 saturated carbocycles. The third-order valence-electron chi connectivity index (χ3n) is 3.13. The zero-order chi connectivity index (χ0) is 13.8. The van der Waals surface area contributed by atoms with Crippen LogP contribution in [0.2, 0.25) is 0 Å². The van der Waals surface area contributed by atoms with Crippen molar-refractivity contribution in [1.82, 2.24) is 4.90 Å². The molecule has 4 nitrogen and oxygen atoms in total. The lowest BCUT2D eigenvalue weighted by molar-refractivity contribution is -0.134. The number of aryl methyl sites for hydroxylation is 1. The van der Waals surface area contributed by atoms with E-state index in [9.17, 15) is 9.59 Å². The molecule has 1 amide bonds. The van der Waals surface area contributed by atoms with Gasteiger partial charge in [-0.25, -0.2) is 4.79 Å². The summed E-state index contributed by atoms with van der Waals surface area (Å²) in [6, 6.07) is 7.75. The van der Waals surface area contributed by atoms with Crippen LogP contribution in [0, 0.1) is 6.92 Å².